The Morgan fingerprint density at radius 3 is 2.46 bits per heavy atom. The summed E-state index contributed by atoms with van der Waals surface area (Å²) in [7, 11) is -0.381. The van der Waals surface area contributed by atoms with Crippen LogP contribution in [0.5, 0.6) is 0 Å². The summed E-state index contributed by atoms with van der Waals surface area (Å²) in [4.78, 5) is 2.24. The highest BCUT2D eigenvalue weighted by molar-refractivity contribution is 6.62. The Morgan fingerprint density at radius 1 is 1.25 bits per heavy atom. The minimum atomic E-state index is -0.381. The first-order chi connectivity index (χ1) is 11.1. The molecular weight excluding hydrogens is 324 g/mol. The van der Waals surface area contributed by atoms with Crippen LogP contribution in [-0.4, -0.2) is 47.5 Å². The van der Waals surface area contributed by atoms with Crippen molar-refractivity contribution in [3.63, 3.8) is 0 Å². The summed E-state index contributed by atoms with van der Waals surface area (Å²) in [6.45, 7) is 12.4. The van der Waals surface area contributed by atoms with Gasteiger partial charge in [0.1, 0.15) is 0 Å². The fourth-order valence-electron chi connectivity index (χ4n) is 3.34. The van der Waals surface area contributed by atoms with Crippen molar-refractivity contribution >= 4 is 24.2 Å². The van der Waals surface area contributed by atoms with Gasteiger partial charge in [-0.3, -0.25) is 4.90 Å². The van der Waals surface area contributed by atoms with Crippen LogP contribution in [0, 0.1) is 0 Å². The van der Waals surface area contributed by atoms with Gasteiger partial charge in [-0.2, -0.15) is 0 Å². The fourth-order valence-corrected chi connectivity index (χ4v) is 3.65. The Kier molecular flexibility index (Phi) is 4.78. The fraction of sp³-hybridized carbons (Fsp3) is 0.667. The molecule has 0 radical (unpaired) electrons. The minimum Gasteiger partial charge on any atom is -0.399 e. The number of aliphatic hydroxyl groups is 1. The summed E-state index contributed by atoms with van der Waals surface area (Å²) in [5, 5.41) is 10.4. The zero-order valence-electron chi connectivity index (χ0n) is 15.2. The Bertz CT molecular complexity index is 617. The van der Waals surface area contributed by atoms with Crippen LogP contribution < -0.4 is 5.46 Å². The second-order valence-electron chi connectivity index (χ2n) is 8.06. The Labute approximate surface area is 150 Å². The summed E-state index contributed by atoms with van der Waals surface area (Å²) in [6.07, 6.45) is 0.601. The van der Waals surface area contributed by atoms with E-state index in [1.165, 1.54) is 5.56 Å². The van der Waals surface area contributed by atoms with Gasteiger partial charge in [0.05, 0.1) is 17.3 Å². The van der Waals surface area contributed by atoms with E-state index in [2.05, 4.69) is 38.7 Å². The predicted octanol–water partition coefficient (Wildman–Crippen LogP) is 2.38. The molecule has 0 spiro atoms. The molecule has 0 amide bonds. The van der Waals surface area contributed by atoms with Gasteiger partial charge in [-0.25, -0.2) is 0 Å². The third-order valence-corrected chi connectivity index (χ3v) is 5.77. The molecule has 1 fully saturated rings. The number of rotatable bonds is 3. The number of fused-ring (bicyclic) bond motifs is 1. The van der Waals surface area contributed by atoms with E-state index in [1.54, 1.807) is 0 Å². The molecule has 1 saturated heterocycles. The zero-order valence-corrected chi connectivity index (χ0v) is 16.0. The van der Waals surface area contributed by atoms with Crippen LogP contribution in [0.3, 0.4) is 0 Å². The molecule has 1 N–H and O–H groups in total. The summed E-state index contributed by atoms with van der Waals surface area (Å²) >= 11 is 6.57. The molecule has 1 aromatic carbocycles. The Morgan fingerprint density at radius 2 is 1.88 bits per heavy atom. The first-order valence-corrected chi connectivity index (χ1v) is 9.04. The van der Waals surface area contributed by atoms with E-state index in [0.717, 1.165) is 35.6 Å². The second kappa shape index (κ2) is 6.29. The van der Waals surface area contributed by atoms with Crippen molar-refractivity contribution in [1.82, 2.24) is 4.90 Å². The highest BCUT2D eigenvalue weighted by Gasteiger charge is 2.51. The molecular formula is C18H27BClNO3. The molecule has 132 valence electrons. The number of benzene rings is 1. The first kappa shape index (κ1) is 18.2. The molecule has 4 nitrogen and oxygen atoms in total. The Balaban J connectivity index is 1.84. The van der Waals surface area contributed by atoms with E-state index < -0.39 is 0 Å². The molecule has 6 heteroatoms. The van der Waals surface area contributed by atoms with Crippen molar-refractivity contribution in [3.05, 3.63) is 28.3 Å². The first-order valence-electron chi connectivity index (χ1n) is 8.66. The van der Waals surface area contributed by atoms with Gasteiger partial charge in [0, 0.05) is 24.7 Å². The van der Waals surface area contributed by atoms with E-state index in [0.29, 0.717) is 6.54 Å². The second-order valence-corrected chi connectivity index (χ2v) is 8.47. The maximum absolute atomic E-state index is 9.60. The molecule has 2 aliphatic rings. The lowest BCUT2D eigenvalue weighted by molar-refractivity contribution is 0.00578. The standard InChI is InChI=1S/C18H27BClNO3/c1-12(22)10-21-7-6-13-8-14(9-16(20)15(13)11-21)19-23-17(2,3)18(4,5)24-19/h8-9,12,22H,6-7,10-11H2,1-5H3. The van der Waals surface area contributed by atoms with Gasteiger partial charge >= 0.3 is 7.12 Å². The lowest BCUT2D eigenvalue weighted by Crippen LogP contribution is -2.41. The number of halogens is 1. The summed E-state index contributed by atoms with van der Waals surface area (Å²) in [5.41, 5.74) is 2.70. The van der Waals surface area contributed by atoms with E-state index in [4.69, 9.17) is 20.9 Å². The molecule has 0 aliphatic carbocycles. The predicted molar refractivity (Wildman–Crippen MR) is 97.8 cm³/mol. The van der Waals surface area contributed by atoms with Crippen LogP contribution in [0.4, 0.5) is 0 Å². The third-order valence-electron chi connectivity index (χ3n) is 5.44. The van der Waals surface area contributed by atoms with Gasteiger partial charge < -0.3 is 14.4 Å². The van der Waals surface area contributed by atoms with Crippen LogP contribution in [0.1, 0.15) is 45.7 Å². The monoisotopic (exact) mass is 351 g/mol. The van der Waals surface area contributed by atoms with Crippen LogP contribution in [0.2, 0.25) is 5.02 Å². The van der Waals surface area contributed by atoms with Crippen LogP contribution in [0.15, 0.2) is 12.1 Å². The van der Waals surface area contributed by atoms with Crippen molar-refractivity contribution < 1.29 is 14.4 Å². The van der Waals surface area contributed by atoms with Crippen LogP contribution in [-0.2, 0) is 22.3 Å². The summed E-state index contributed by atoms with van der Waals surface area (Å²) in [6, 6.07) is 4.14. The van der Waals surface area contributed by atoms with Crippen molar-refractivity contribution in [2.45, 2.75) is 64.9 Å². The lowest BCUT2D eigenvalue weighted by atomic mass is 9.77. The van der Waals surface area contributed by atoms with Crippen LogP contribution in [0.25, 0.3) is 0 Å². The molecule has 0 saturated carbocycles. The van der Waals surface area contributed by atoms with E-state index in [-0.39, 0.29) is 24.4 Å². The highest BCUT2D eigenvalue weighted by atomic mass is 35.5. The number of β-amino-alcohol motifs (C(OH)–C–C–N with tert-alkyl or cyclic N) is 1. The highest BCUT2D eigenvalue weighted by Crippen LogP contribution is 2.37. The smallest absolute Gasteiger partial charge is 0.399 e. The van der Waals surface area contributed by atoms with Crippen molar-refractivity contribution in [2.75, 3.05) is 13.1 Å². The van der Waals surface area contributed by atoms with Crippen molar-refractivity contribution in [1.29, 1.82) is 0 Å². The van der Waals surface area contributed by atoms with Gasteiger partial charge in [0.15, 0.2) is 0 Å². The third kappa shape index (κ3) is 3.38. The minimum absolute atomic E-state index is 0.325. The molecule has 0 aromatic heterocycles. The number of nitrogens with zero attached hydrogens (tertiary/aromatic N) is 1. The number of aliphatic hydroxyl groups excluding tert-OH is 1. The SMILES string of the molecule is CC(O)CN1CCc2cc(B3OC(C)(C)C(C)(C)O3)cc(Cl)c2C1. The molecule has 1 unspecified atom stereocenters. The van der Waals surface area contributed by atoms with Crippen LogP contribution >= 0.6 is 11.6 Å². The molecule has 1 atom stereocenters. The number of hydrogen-bond acceptors (Lipinski definition) is 4. The van der Waals surface area contributed by atoms with E-state index >= 15 is 0 Å². The van der Waals surface area contributed by atoms with Gasteiger partial charge in [0.2, 0.25) is 0 Å². The Hall–Kier alpha value is -0.585. The van der Waals surface area contributed by atoms with Gasteiger partial charge in [0.25, 0.3) is 0 Å². The summed E-state index contributed by atoms with van der Waals surface area (Å²) in [5.74, 6) is 0. The topological polar surface area (TPSA) is 41.9 Å². The lowest BCUT2D eigenvalue weighted by Gasteiger charge is -2.32. The zero-order chi connectivity index (χ0) is 17.7. The average Bonchev–Trinajstić information content (AvgIpc) is 2.67. The number of hydrogen-bond donors (Lipinski definition) is 1. The molecule has 1 aromatic rings. The average molecular weight is 352 g/mol. The largest absolute Gasteiger partial charge is 0.494 e. The van der Waals surface area contributed by atoms with Crippen molar-refractivity contribution in [2.24, 2.45) is 0 Å². The molecule has 24 heavy (non-hydrogen) atoms. The van der Waals surface area contributed by atoms with Gasteiger partial charge in [-0.15, -0.1) is 0 Å². The van der Waals surface area contributed by atoms with Gasteiger partial charge in [-0.05, 0) is 63.7 Å². The molecule has 2 heterocycles. The quantitative estimate of drug-likeness (QED) is 0.849. The normalized spacial score (nSPS) is 24.0. The maximum atomic E-state index is 9.60. The van der Waals surface area contributed by atoms with Crippen molar-refractivity contribution in [3.8, 4) is 0 Å². The summed E-state index contributed by atoms with van der Waals surface area (Å²) < 4.78 is 12.3. The molecule has 0 bridgehead atoms. The van der Waals surface area contributed by atoms with Gasteiger partial charge in [-0.1, -0.05) is 17.7 Å². The molecule has 2 aliphatic heterocycles. The van der Waals surface area contributed by atoms with E-state index in [1.807, 2.05) is 13.0 Å². The maximum Gasteiger partial charge on any atom is 0.494 e. The van der Waals surface area contributed by atoms with E-state index in [9.17, 15) is 5.11 Å². The molecule has 3 rings (SSSR count).